The number of amides is 1. The van der Waals surface area contributed by atoms with Gasteiger partial charge in [0.2, 0.25) is 5.91 Å². The number of rotatable bonds is 12. The van der Waals surface area contributed by atoms with Crippen LogP contribution in [0.3, 0.4) is 0 Å². The summed E-state index contributed by atoms with van der Waals surface area (Å²) in [5.74, 6) is 0.00858. The van der Waals surface area contributed by atoms with E-state index < -0.39 is 17.0 Å². The first-order chi connectivity index (χ1) is 22.0. The Morgan fingerprint density at radius 3 is 2.26 bits per heavy atom. The second-order valence-electron chi connectivity index (χ2n) is 12.6. The van der Waals surface area contributed by atoms with Crippen molar-refractivity contribution in [2.45, 2.75) is 46.0 Å². The van der Waals surface area contributed by atoms with Gasteiger partial charge in [0.05, 0.1) is 5.92 Å². The molecule has 0 radical (unpaired) electrons. The quantitative estimate of drug-likeness (QED) is 0.109. The smallest absolute Gasteiger partial charge is 0.232 e. The Kier molecular flexibility index (Phi) is 10.5. The molecule has 1 heterocycles. The van der Waals surface area contributed by atoms with Crippen molar-refractivity contribution in [1.29, 1.82) is 0 Å². The Morgan fingerprint density at radius 1 is 0.913 bits per heavy atom. The summed E-state index contributed by atoms with van der Waals surface area (Å²) in [7, 11) is 0. The lowest BCUT2D eigenvalue weighted by molar-refractivity contribution is -0.117. The van der Waals surface area contributed by atoms with E-state index in [1.807, 2.05) is 91.0 Å². The van der Waals surface area contributed by atoms with E-state index in [0.717, 1.165) is 39.0 Å². The molecule has 0 aliphatic heterocycles. The summed E-state index contributed by atoms with van der Waals surface area (Å²) >= 11 is -2.16. The monoisotopic (exact) mass is 632 g/mol. The van der Waals surface area contributed by atoms with Gasteiger partial charge in [-0.25, -0.2) is 0 Å². The fourth-order valence-electron chi connectivity index (χ4n) is 5.18. The van der Waals surface area contributed by atoms with Gasteiger partial charge in [0.25, 0.3) is 0 Å². The maximum atomic E-state index is 13.8. The van der Waals surface area contributed by atoms with Crippen LogP contribution in [0.4, 0.5) is 5.69 Å². The van der Waals surface area contributed by atoms with E-state index in [4.69, 9.17) is 4.42 Å². The van der Waals surface area contributed by atoms with Gasteiger partial charge in [0.15, 0.2) is 5.78 Å². The zero-order chi connectivity index (χ0) is 32.7. The second-order valence-corrected chi connectivity index (χ2v) is 13.6. The minimum Gasteiger partial charge on any atom is -0.772 e. The van der Waals surface area contributed by atoms with Gasteiger partial charge in [-0.1, -0.05) is 111 Å². The molecule has 6 nitrogen and oxygen atoms in total. The summed E-state index contributed by atoms with van der Waals surface area (Å²) in [5.41, 5.74) is 5.86. The maximum absolute atomic E-state index is 13.8. The molecule has 0 saturated carbocycles. The highest BCUT2D eigenvalue weighted by atomic mass is 32.2. The molecule has 1 aromatic heterocycles. The number of hydrogen-bond donors (Lipinski definition) is 1. The van der Waals surface area contributed by atoms with Gasteiger partial charge in [0.1, 0.15) is 11.3 Å². The SMILES string of the molecule is CC(C)(C)/C=C/c1ccc([C@@H](Cc2ccc(C(=O)CCCS(=O)[O-])cc2)C(=O)Nc2ccc(-c3cc4ccccc4o3)cc2)cc1. The minimum atomic E-state index is -2.16. The maximum Gasteiger partial charge on any atom is 0.232 e. The summed E-state index contributed by atoms with van der Waals surface area (Å²) in [6.07, 6.45) is 5.14. The first kappa shape index (κ1) is 32.8. The van der Waals surface area contributed by atoms with Crippen LogP contribution in [0.1, 0.15) is 66.6 Å². The molecule has 5 aromatic rings. The van der Waals surface area contributed by atoms with Crippen molar-refractivity contribution in [3.05, 3.63) is 131 Å². The molecule has 0 spiro atoms. The van der Waals surface area contributed by atoms with Crippen LogP contribution in [-0.2, 0) is 22.3 Å². The van der Waals surface area contributed by atoms with Gasteiger partial charge in [-0.2, -0.15) is 0 Å². The summed E-state index contributed by atoms with van der Waals surface area (Å²) in [6.45, 7) is 6.44. The third-order valence-electron chi connectivity index (χ3n) is 7.72. The molecule has 46 heavy (non-hydrogen) atoms. The number of carbonyl (C=O) groups excluding carboxylic acids is 2. The van der Waals surface area contributed by atoms with Crippen molar-refractivity contribution < 1.29 is 22.8 Å². The van der Waals surface area contributed by atoms with Crippen LogP contribution in [0, 0.1) is 5.41 Å². The lowest BCUT2D eigenvalue weighted by atomic mass is 9.89. The largest absolute Gasteiger partial charge is 0.772 e. The molecular weight excluding hydrogens is 594 g/mol. The first-order valence-corrected chi connectivity index (χ1v) is 16.7. The minimum absolute atomic E-state index is 0.0337. The predicted octanol–water partition coefficient (Wildman–Crippen LogP) is 8.97. The molecule has 7 heteroatoms. The average Bonchev–Trinajstić information content (AvgIpc) is 3.47. The Bertz CT molecular complexity index is 1810. The number of allylic oxidation sites excluding steroid dienone is 1. The fraction of sp³-hybridized carbons (Fsp3) is 0.231. The standard InChI is InChI=1S/C39H39NO5S/c1-39(2,3)23-22-27-10-14-29(15-11-27)34(25-28-12-16-30(17-13-28)35(41)8-6-24-46(43)44)38(42)40-33-20-18-31(19-21-33)37-26-32-7-4-5-9-36(32)45-37/h4-5,7,9-23,26,34H,6,8,24-25H2,1-3H3,(H,40,42)(H,43,44)/p-1/b23-22+/t34-/m1/s1. The van der Waals surface area contributed by atoms with E-state index in [2.05, 4.69) is 38.2 Å². The number of carbonyl (C=O) groups is 2. The number of furan rings is 1. The number of para-hydroxylation sites is 1. The van der Waals surface area contributed by atoms with E-state index in [0.29, 0.717) is 24.1 Å². The zero-order valence-corrected chi connectivity index (χ0v) is 27.1. The van der Waals surface area contributed by atoms with Crippen LogP contribution in [0.2, 0.25) is 0 Å². The molecule has 0 saturated heterocycles. The highest BCUT2D eigenvalue weighted by Gasteiger charge is 2.22. The van der Waals surface area contributed by atoms with Gasteiger partial charge in [0, 0.05) is 34.4 Å². The van der Waals surface area contributed by atoms with Crippen molar-refractivity contribution in [1.82, 2.24) is 0 Å². The van der Waals surface area contributed by atoms with E-state index in [1.165, 1.54) is 0 Å². The molecule has 5 rings (SSSR count). The number of anilines is 1. The lowest BCUT2D eigenvalue weighted by Crippen LogP contribution is -2.23. The Morgan fingerprint density at radius 2 is 1.61 bits per heavy atom. The van der Waals surface area contributed by atoms with E-state index in [-0.39, 0.29) is 29.3 Å². The van der Waals surface area contributed by atoms with E-state index in [9.17, 15) is 18.4 Å². The number of fused-ring (bicyclic) bond motifs is 1. The molecule has 2 atom stereocenters. The van der Waals surface area contributed by atoms with Crippen LogP contribution in [-0.4, -0.2) is 26.2 Å². The fourth-order valence-corrected chi connectivity index (χ4v) is 5.56. The number of nitrogens with one attached hydrogen (secondary N) is 1. The molecule has 1 amide bonds. The molecule has 4 aromatic carbocycles. The van der Waals surface area contributed by atoms with Crippen molar-refractivity contribution in [3.8, 4) is 11.3 Å². The third kappa shape index (κ3) is 8.99. The van der Waals surface area contributed by atoms with Crippen LogP contribution in [0.25, 0.3) is 28.4 Å². The summed E-state index contributed by atoms with van der Waals surface area (Å²) in [5, 5.41) is 4.13. The lowest BCUT2D eigenvalue weighted by Gasteiger charge is -2.18. The van der Waals surface area contributed by atoms with Crippen LogP contribution >= 0.6 is 0 Å². The third-order valence-corrected chi connectivity index (χ3v) is 8.35. The van der Waals surface area contributed by atoms with Gasteiger partial charge >= 0.3 is 0 Å². The Hall–Kier alpha value is -4.59. The normalized spacial score (nSPS) is 13.1. The molecule has 1 unspecified atom stereocenters. The number of benzene rings is 4. The molecular formula is C39H38NO5S-. The first-order valence-electron chi connectivity index (χ1n) is 15.4. The van der Waals surface area contributed by atoms with Gasteiger partial charge in [-0.05, 0) is 71.3 Å². The van der Waals surface area contributed by atoms with Crippen molar-refractivity contribution in [2.75, 3.05) is 11.1 Å². The molecule has 0 aliphatic carbocycles. The van der Waals surface area contributed by atoms with E-state index >= 15 is 0 Å². The van der Waals surface area contributed by atoms with Crippen molar-refractivity contribution in [2.24, 2.45) is 5.41 Å². The average molecular weight is 633 g/mol. The van der Waals surface area contributed by atoms with Crippen LogP contribution in [0.5, 0.6) is 0 Å². The van der Waals surface area contributed by atoms with Gasteiger partial charge in [-0.3, -0.25) is 13.8 Å². The Balaban J connectivity index is 1.34. The number of hydrogen-bond acceptors (Lipinski definition) is 5. The van der Waals surface area contributed by atoms with Crippen molar-refractivity contribution in [3.63, 3.8) is 0 Å². The molecule has 0 aliphatic rings. The summed E-state index contributed by atoms with van der Waals surface area (Å²) < 4.78 is 27.6. The van der Waals surface area contributed by atoms with E-state index in [1.54, 1.807) is 12.1 Å². The second kappa shape index (κ2) is 14.7. The highest BCUT2D eigenvalue weighted by Crippen LogP contribution is 2.30. The number of ketones is 1. The highest BCUT2D eigenvalue weighted by molar-refractivity contribution is 7.79. The molecule has 0 fully saturated rings. The van der Waals surface area contributed by atoms with Crippen LogP contribution in [0.15, 0.2) is 114 Å². The molecule has 0 bridgehead atoms. The molecule has 236 valence electrons. The van der Waals surface area contributed by atoms with Gasteiger partial charge < -0.3 is 14.3 Å². The number of Topliss-reactive ketones (excluding diaryl/α,β-unsaturated/α-hetero) is 1. The topological polar surface area (TPSA) is 99.4 Å². The predicted molar refractivity (Wildman–Crippen MR) is 185 cm³/mol. The summed E-state index contributed by atoms with van der Waals surface area (Å²) in [4.78, 5) is 26.4. The van der Waals surface area contributed by atoms with Gasteiger partial charge in [-0.15, -0.1) is 0 Å². The van der Waals surface area contributed by atoms with Crippen molar-refractivity contribution >= 4 is 45.5 Å². The Labute approximate surface area is 272 Å². The molecule has 1 N–H and O–H groups in total. The van der Waals surface area contributed by atoms with Crippen LogP contribution < -0.4 is 5.32 Å². The zero-order valence-electron chi connectivity index (χ0n) is 26.3. The summed E-state index contributed by atoms with van der Waals surface area (Å²) in [6, 6.07) is 32.8.